The highest BCUT2D eigenvalue weighted by Gasteiger charge is 2.34. The Bertz CT molecular complexity index is 703. The van der Waals surface area contributed by atoms with E-state index >= 15 is 0 Å². The molecule has 134 valence electrons. The Hall–Kier alpha value is -2.25. The Morgan fingerprint density at radius 3 is 2.84 bits per heavy atom. The number of rotatable bonds is 6. The van der Waals surface area contributed by atoms with Crippen LogP contribution in [0, 0.1) is 12.8 Å². The summed E-state index contributed by atoms with van der Waals surface area (Å²) in [6, 6.07) is 5.88. The predicted molar refractivity (Wildman–Crippen MR) is 93.7 cm³/mol. The van der Waals surface area contributed by atoms with Crippen LogP contribution in [-0.4, -0.2) is 68.8 Å². The summed E-state index contributed by atoms with van der Waals surface area (Å²) >= 11 is 0. The summed E-state index contributed by atoms with van der Waals surface area (Å²) in [4.78, 5) is 20.3. The van der Waals surface area contributed by atoms with Gasteiger partial charge in [-0.15, -0.1) is 0 Å². The maximum Gasteiger partial charge on any atom is 0.236 e. The highest BCUT2D eigenvalue weighted by Crippen LogP contribution is 2.21. The van der Waals surface area contributed by atoms with Crippen LogP contribution in [0.15, 0.2) is 30.6 Å². The van der Waals surface area contributed by atoms with E-state index in [1.807, 2.05) is 37.1 Å². The number of nitrogens with zero attached hydrogens (tertiary/aromatic N) is 4. The number of amides is 1. The number of pyridine rings is 1. The minimum absolute atomic E-state index is 0.0390. The first-order chi connectivity index (χ1) is 12.0. The first-order valence-corrected chi connectivity index (χ1v) is 8.55. The summed E-state index contributed by atoms with van der Waals surface area (Å²) in [7, 11) is 1.93. The molecule has 1 saturated heterocycles. The number of carbonyl (C=O) groups excluding carboxylic acids is 1. The number of aromatic amines is 1. The molecule has 1 amide bonds. The second-order valence-electron chi connectivity index (χ2n) is 6.90. The van der Waals surface area contributed by atoms with Crippen molar-refractivity contribution < 1.29 is 9.90 Å². The van der Waals surface area contributed by atoms with E-state index in [9.17, 15) is 9.90 Å². The lowest BCUT2D eigenvalue weighted by Crippen LogP contribution is -2.38. The Balaban J connectivity index is 1.51. The van der Waals surface area contributed by atoms with Crippen LogP contribution in [0.1, 0.15) is 17.0 Å². The number of aliphatic hydroxyl groups is 1. The molecule has 2 atom stereocenters. The van der Waals surface area contributed by atoms with Crippen LogP contribution in [0.5, 0.6) is 0 Å². The Morgan fingerprint density at radius 2 is 2.16 bits per heavy atom. The summed E-state index contributed by atoms with van der Waals surface area (Å²) < 4.78 is 0. The van der Waals surface area contributed by atoms with Gasteiger partial charge >= 0.3 is 0 Å². The summed E-state index contributed by atoms with van der Waals surface area (Å²) in [5, 5.41) is 17.4. The Morgan fingerprint density at radius 1 is 1.40 bits per heavy atom. The molecule has 2 N–H and O–H groups in total. The first kappa shape index (κ1) is 17.6. The fourth-order valence-electron chi connectivity index (χ4n) is 3.29. The van der Waals surface area contributed by atoms with Crippen molar-refractivity contribution in [1.29, 1.82) is 0 Å². The molecule has 2 aromatic heterocycles. The molecule has 25 heavy (non-hydrogen) atoms. The number of hydrogen-bond acceptors (Lipinski definition) is 5. The predicted octanol–water partition coefficient (Wildman–Crippen LogP) is 0.607. The van der Waals surface area contributed by atoms with Crippen molar-refractivity contribution in [3.8, 4) is 0 Å². The Kier molecular flexibility index (Phi) is 5.45. The van der Waals surface area contributed by atoms with Gasteiger partial charge in [0.2, 0.25) is 5.91 Å². The number of H-pyrrole nitrogens is 1. The molecule has 1 aliphatic rings. The average Bonchev–Trinajstić information content (AvgIpc) is 3.15. The summed E-state index contributed by atoms with van der Waals surface area (Å²) in [5.74, 6) is 0.0912. The smallest absolute Gasteiger partial charge is 0.236 e. The highest BCUT2D eigenvalue weighted by atomic mass is 16.3. The van der Waals surface area contributed by atoms with Gasteiger partial charge in [-0.25, -0.2) is 0 Å². The fourth-order valence-corrected chi connectivity index (χ4v) is 3.29. The number of aryl methyl sites for hydroxylation is 1. The molecular formula is C18H25N5O2. The maximum atomic E-state index is 12.5. The number of likely N-dealkylation sites (tertiary alicyclic amines) is 1. The van der Waals surface area contributed by atoms with Gasteiger partial charge in [0, 0.05) is 43.6 Å². The van der Waals surface area contributed by atoms with E-state index < -0.39 is 6.10 Å². The van der Waals surface area contributed by atoms with Crippen LogP contribution in [0.2, 0.25) is 0 Å². The second kappa shape index (κ2) is 7.76. The third-order valence-corrected chi connectivity index (χ3v) is 4.60. The molecule has 1 aliphatic heterocycles. The zero-order chi connectivity index (χ0) is 17.8. The lowest BCUT2D eigenvalue weighted by Gasteiger charge is -2.21. The number of aliphatic hydroxyl groups excluding tert-OH is 1. The number of hydrogen-bond donors (Lipinski definition) is 2. The van der Waals surface area contributed by atoms with Crippen molar-refractivity contribution in [2.45, 2.75) is 26.0 Å². The van der Waals surface area contributed by atoms with Gasteiger partial charge in [-0.3, -0.25) is 19.8 Å². The number of likely N-dealkylation sites (N-methyl/N-ethyl adjacent to an activating group) is 1. The van der Waals surface area contributed by atoms with Crippen molar-refractivity contribution in [2.24, 2.45) is 5.92 Å². The second-order valence-corrected chi connectivity index (χ2v) is 6.90. The number of β-amino-alcohol motifs (C(OH)–C–C–N with tert-alkyl or cyclic N) is 1. The van der Waals surface area contributed by atoms with Crippen LogP contribution in [-0.2, 0) is 17.8 Å². The van der Waals surface area contributed by atoms with Gasteiger partial charge in [0.25, 0.3) is 0 Å². The minimum Gasteiger partial charge on any atom is -0.391 e. The van der Waals surface area contributed by atoms with Gasteiger partial charge in [0.05, 0.1) is 18.3 Å². The van der Waals surface area contributed by atoms with Crippen molar-refractivity contribution in [3.63, 3.8) is 0 Å². The summed E-state index contributed by atoms with van der Waals surface area (Å²) in [6.07, 6.45) is 3.69. The van der Waals surface area contributed by atoms with E-state index in [-0.39, 0.29) is 11.8 Å². The minimum atomic E-state index is -0.494. The van der Waals surface area contributed by atoms with E-state index in [4.69, 9.17) is 0 Å². The molecule has 2 aromatic rings. The zero-order valence-corrected chi connectivity index (χ0v) is 14.7. The molecule has 7 heteroatoms. The van der Waals surface area contributed by atoms with Gasteiger partial charge in [-0.2, -0.15) is 5.10 Å². The fraction of sp³-hybridized carbons (Fsp3) is 0.500. The van der Waals surface area contributed by atoms with Crippen molar-refractivity contribution >= 4 is 5.91 Å². The number of aromatic nitrogens is 3. The van der Waals surface area contributed by atoms with Gasteiger partial charge in [0.15, 0.2) is 0 Å². The molecule has 3 heterocycles. The van der Waals surface area contributed by atoms with Gasteiger partial charge < -0.3 is 10.0 Å². The van der Waals surface area contributed by atoms with Crippen LogP contribution in [0.4, 0.5) is 0 Å². The first-order valence-electron chi connectivity index (χ1n) is 8.55. The van der Waals surface area contributed by atoms with Crippen molar-refractivity contribution in [1.82, 2.24) is 25.0 Å². The van der Waals surface area contributed by atoms with Crippen LogP contribution >= 0.6 is 0 Å². The van der Waals surface area contributed by atoms with Gasteiger partial charge in [0.1, 0.15) is 0 Å². The lowest BCUT2D eigenvalue weighted by molar-refractivity contribution is -0.131. The molecule has 0 radical (unpaired) electrons. The molecule has 0 bridgehead atoms. The molecular weight excluding hydrogens is 318 g/mol. The molecule has 0 saturated carbocycles. The number of nitrogens with one attached hydrogen (secondary N) is 1. The number of carbonyl (C=O) groups is 1. The molecule has 3 rings (SSSR count). The topological polar surface area (TPSA) is 85.3 Å². The van der Waals surface area contributed by atoms with Crippen LogP contribution in [0.25, 0.3) is 0 Å². The standard InChI is InChI=1S/C18H25N5O2/c1-13-7-16(21-20-13)8-15-10-23(11-17(15)24)18(25)12-22(2)9-14-3-5-19-6-4-14/h3-7,15,17,24H,8-12H2,1-2H3,(H,20,21)/t15-,17-/m1/s1. The average molecular weight is 343 g/mol. The van der Waals surface area contributed by atoms with Crippen molar-refractivity contribution in [3.05, 3.63) is 47.5 Å². The molecule has 0 aliphatic carbocycles. The molecule has 7 nitrogen and oxygen atoms in total. The monoisotopic (exact) mass is 343 g/mol. The normalized spacial score (nSPS) is 20.4. The van der Waals surface area contributed by atoms with E-state index in [1.54, 1.807) is 17.3 Å². The van der Waals surface area contributed by atoms with E-state index in [1.165, 1.54) is 0 Å². The summed E-state index contributed by atoms with van der Waals surface area (Å²) in [5.41, 5.74) is 3.07. The molecule has 0 spiro atoms. The van der Waals surface area contributed by atoms with E-state index in [0.29, 0.717) is 32.6 Å². The van der Waals surface area contributed by atoms with Crippen LogP contribution < -0.4 is 0 Å². The van der Waals surface area contributed by atoms with E-state index in [0.717, 1.165) is 17.0 Å². The highest BCUT2D eigenvalue weighted by molar-refractivity contribution is 5.78. The summed E-state index contributed by atoms with van der Waals surface area (Å²) in [6.45, 7) is 3.96. The van der Waals surface area contributed by atoms with Gasteiger partial charge in [-0.05, 0) is 44.2 Å². The third kappa shape index (κ3) is 4.64. The van der Waals surface area contributed by atoms with Gasteiger partial charge in [-0.1, -0.05) is 0 Å². The zero-order valence-electron chi connectivity index (χ0n) is 14.7. The third-order valence-electron chi connectivity index (χ3n) is 4.60. The maximum absolute atomic E-state index is 12.5. The Labute approximate surface area is 147 Å². The lowest BCUT2D eigenvalue weighted by atomic mass is 10.0. The van der Waals surface area contributed by atoms with Crippen LogP contribution in [0.3, 0.4) is 0 Å². The molecule has 0 aromatic carbocycles. The largest absolute Gasteiger partial charge is 0.391 e. The SMILES string of the molecule is Cc1cc(C[C@@H]2CN(C(=O)CN(C)Cc3ccncc3)C[C@H]2O)n[nH]1. The van der Waals surface area contributed by atoms with Crippen molar-refractivity contribution in [2.75, 3.05) is 26.7 Å². The molecule has 1 fully saturated rings. The van der Waals surface area contributed by atoms with E-state index in [2.05, 4.69) is 15.2 Å². The molecule has 0 unspecified atom stereocenters. The quantitative estimate of drug-likeness (QED) is 0.803.